The largest absolute Gasteiger partial charge is 0.396 e. The van der Waals surface area contributed by atoms with Crippen LogP contribution in [0.1, 0.15) is 24.0 Å². The maximum atomic E-state index is 12.6. The first-order valence-corrected chi connectivity index (χ1v) is 8.71. The third-order valence-electron chi connectivity index (χ3n) is 4.87. The Morgan fingerprint density at radius 1 is 1.36 bits per heavy atom. The molecular weight excluding hydrogens is 314 g/mol. The molecule has 1 unspecified atom stereocenters. The van der Waals surface area contributed by atoms with Gasteiger partial charge in [0.2, 0.25) is 5.91 Å². The van der Waals surface area contributed by atoms with Crippen LogP contribution in [0.2, 0.25) is 0 Å². The molecule has 132 valence electrons. The van der Waals surface area contributed by atoms with Gasteiger partial charge in [0.25, 0.3) is 0 Å². The fraction of sp³-hybridized carbons (Fsp3) is 0.400. The molecule has 0 aliphatic carbocycles. The molecule has 0 bridgehead atoms. The van der Waals surface area contributed by atoms with Gasteiger partial charge in [0.1, 0.15) is 0 Å². The van der Waals surface area contributed by atoms with Crippen molar-refractivity contribution in [3.8, 4) is 0 Å². The summed E-state index contributed by atoms with van der Waals surface area (Å²) in [5.74, 6) is -0.00515. The Morgan fingerprint density at radius 3 is 2.84 bits per heavy atom. The van der Waals surface area contributed by atoms with E-state index in [1.54, 1.807) is 23.0 Å². The molecule has 1 aromatic carbocycles. The molecule has 1 saturated heterocycles. The SMILES string of the molecule is Cn1cc(C=CC(=O)N2CCCC(CO)(Cc3ccccc3)C2)cn1. The van der Waals surface area contributed by atoms with Crippen molar-refractivity contribution in [2.45, 2.75) is 19.3 Å². The third-order valence-corrected chi connectivity index (χ3v) is 4.87. The number of hydrogen-bond acceptors (Lipinski definition) is 3. The average molecular weight is 339 g/mol. The van der Waals surface area contributed by atoms with Crippen molar-refractivity contribution in [1.29, 1.82) is 0 Å². The summed E-state index contributed by atoms with van der Waals surface area (Å²) in [5, 5.41) is 14.1. The summed E-state index contributed by atoms with van der Waals surface area (Å²) in [6.07, 6.45) is 9.64. The summed E-state index contributed by atoms with van der Waals surface area (Å²) in [7, 11) is 1.85. The first-order chi connectivity index (χ1) is 12.1. The highest BCUT2D eigenvalue weighted by atomic mass is 16.3. The summed E-state index contributed by atoms with van der Waals surface area (Å²) in [6, 6.07) is 10.2. The van der Waals surface area contributed by atoms with Crippen LogP contribution in [0.25, 0.3) is 6.08 Å². The zero-order valence-corrected chi connectivity index (χ0v) is 14.6. The molecule has 0 spiro atoms. The monoisotopic (exact) mass is 339 g/mol. The van der Waals surface area contributed by atoms with E-state index in [9.17, 15) is 9.90 Å². The number of carbonyl (C=O) groups is 1. The molecule has 1 aromatic heterocycles. The van der Waals surface area contributed by atoms with Gasteiger partial charge in [-0.1, -0.05) is 30.3 Å². The van der Waals surface area contributed by atoms with Gasteiger partial charge in [0.15, 0.2) is 0 Å². The standard InChI is InChI=1S/C20H25N3O2/c1-22-14-18(13-21-22)8-9-19(25)23-11-5-10-20(15-23,16-24)12-17-6-3-2-4-7-17/h2-4,6-9,13-14,24H,5,10-12,15-16H2,1H3. The molecular formula is C20H25N3O2. The van der Waals surface area contributed by atoms with Gasteiger partial charge in [-0.3, -0.25) is 9.48 Å². The van der Waals surface area contributed by atoms with Crippen molar-refractivity contribution in [2.24, 2.45) is 12.5 Å². The van der Waals surface area contributed by atoms with Crippen LogP contribution in [-0.2, 0) is 18.3 Å². The van der Waals surface area contributed by atoms with Gasteiger partial charge in [0, 0.05) is 43.4 Å². The van der Waals surface area contributed by atoms with Crippen LogP contribution in [0.3, 0.4) is 0 Å². The average Bonchev–Trinajstić information content (AvgIpc) is 3.06. The smallest absolute Gasteiger partial charge is 0.246 e. The summed E-state index contributed by atoms with van der Waals surface area (Å²) < 4.78 is 1.71. The van der Waals surface area contributed by atoms with Crippen LogP contribution < -0.4 is 0 Å². The maximum absolute atomic E-state index is 12.6. The van der Waals surface area contributed by atoms with Gasteiger partial charge in [-0.2, -0.15) is 5.10 Å². The number of aromatic nitrogens is 2. The molecule has 1 amide bonds. The zero-order chi connectivity index (χ0) is 17.7. The molecule has 2 aromatic rings. The molecule has 1 fully saturated rings. The van der Waals surface area contributed by atoms with Gasteiger partial charge in [-0.15, -0.1) is 0 Å². The number of likely N-dealkylation sites (tertiary alicyclic amines) is 1. The topological polar surface area (TPSA) is 58.4 Å². The Balaban J connectivity index is 1.68. The van der Waals surface area contributed by atoms with E-state index >= 15 is 0 Å². The third kappa shape index (κ3) is 4.37. The number of nitrogens with zero attached hydrogens (tertiary/aromatic N) is 3. The highest BCUT2D eigenvalue weighted by molar-refractivity contribution is 5.91. The number of benzene rings is 1. The second-order valence-electron chi connectivity index (χ2n) is 6.96. The highest BCUT2D eigenvalue weighted by Gasteiger charge is 2.36. The van der Waals surface area contributed by atoms with E-state index < -0.39 is 0 Å². The lowest BCUT2D eigenvalue weighted by molar-refractivity contribution is -0.130. The number of aryl methyl sites for hydroxylation is 1. The quantitative estimate of drug-likeness (QED) is 0.850. The highest BCUT2D eigenvalue weighted by Crippen LogP contribution is 2.33. The van der Waals surface area contributed by atoms with Crippen LogP contribution in [0.5, 0.6) is 0 Å². The number of amides is 1. The van der Waals surface area contributed by atoms with Gasteiger partial charge >= 0.3 is 0 Å². The summed E-state index contributed by atoms with van der Waals surface area (Å²) in [6.45, 7) is 1.43. The molecule has 1 atom stereocenters. The Bertz CT molecular complexity index is 738. The van der Waals surface area contributed by atoms with Crippen LogP contribution in [0, 0.1) is 5.41 Å². The maximum Gasteiger partial charge on any atom is 0.246 e. The van der Waals surface area contributed by atoms with Crippen molar-refractivity contribution in [3.05, 3.63) is 59.9 Å². The van der Waals surface area contributed by atoms with Crippen molar-refractivity contribution in [3.63, 3.8) is 0 Å². The molecule has 3 rings (SSSR count). The molecule has 5 heteroatoms. The second-order valence-corrected chi connectivity index (χ2v) is 6.96. The first kappa shape index (κ1) is 17.4. The van der Waals surface area contributed by atoms with Gasteiger partial charge in [-0.05, 0) is 30.9 Å². The second kappa shape index (κ2) is 7.66. The number of hydrogen-bond donors (Lipinski definition) is 1. The molecule has 0 saturated carbocycles. The number of rotatable bonds is 5. The van der Waals surface area contributed by atoms with Gasteiger partial charge in [-0.25, -0.2) is 0 Å². The normalized spacial score (nSPS) is 21.0. The van der Waals surface area contributed by atoms with Gasteiger partial charge in [0.05, 0.1) is 12.8 Å². The van der Waals surface area contributed by atoms with Crippen molar-refractivity contribution >= 4 is 12.0 Å². The van der Waals surface area contributed by atoms with E-state index in [-0.39, 0.29) is 17.9 Å². The minimum absolute atomic E-state index is 0.00515. The van der Waals surface area contributed by atoms with Gasteiger partial charge < -0.3 is 10.0 Å². The summed E-state index contributed by atoms with van der Waals surface area (Å²) in [5.41, 5.74) is 1.86. The minimum atomic E-state index is -0.253. The fourth-order valence-electron chi connectivity index (χ4n) is 3.55. The van der Waals surface area contributed by atoms with Crippen molar-refractivity contribution in [2.75, 3.05) is 19.7 Å². The number of piperidine rings is 1. The van der Waals surface area contributed by atoms with Crippen molar-refractivity contribution < 1.29 is 9.90 Å². The molecule has 1 aliphatic rings. The lowest BCUT2D eigenvalue weighted by Crippen LogP contribution is -2.48. The lowest BCUT2D eigenvalue weighted by Gasteiger charge is -2.41. The Labute approximate surface area is 148 Å². The molecule has 0 radical (unpaired) electrons. The van der Waals surface area contributed by atoms with Crippen LogP contribution in [0.15, 0.2) is 48.8 Å². The molecule has 5 nitrogen and oxygen atoms in total. The van der Waals surface area contributed by atoms with E-state index in [0.29, 0.717) is 6.54 Å². The van der Waals surface area contributed by atoms with E-state index in [2.05, 4.69) is 17.2 Å². The van der Waals surface area contributed by atoms with Crippen molar-refractivity contribution in [1.82, 2.24) is 14.7 Å². The first-order valence-electron chi connectivity index (χ1n) is 8.71. The Hall–Kier alpha value is -2.40. The van der Waals surface area contributed by atoms with E-state index in [0.717, 1.165) is 31.4 Å². The molecule has 2 heterocycles. The predicted molar refractivity (Wildman–Crippen MR) is 97.7 cm³/mol. The minimum Gasteiger partial charge on any atom is -0.396 e. The molecule has 25 heavy (non-hydrogen) atoms. The van der Waals surface area contributed by atoms with Crippen LogP contribution >= 0.6 is 0 Å². The van der Waals surface area contributed by atoms with E-state index in [1.807, 2.05) is 36.3 Å². The lowest BCUT2D eigenvalue weighted by atomic mass is 9.75. The fourth-order valence-corrected chi connectivity index (χ4v) is 3.55. The summed E-state index contributed by atoms with van der Waals surface area (Å²) in [4.78, 5) is 14.4. The van der Waals surface area contributed by atoms with E-state index in [4.69, 9.17) is 0 Å². The zero-order valence-electron chi connectivity index (χ0n) is 14.6. The van der Waals surface area contributed by atoms with Crippen LogP contribution in [-0.4, -0.2) is 45.4 Å². The number of aliphatic hydroxyl groups is 1. The number of carbonyl (C=O) groups excluding carboxylic acids is 1. The molecule has 1 N–H and O–H groups in total. The van der Waals surface area contributed by atoms with Crippen LogP contribution in [0.4, 0.5) is 0 Å². The summed E-state index contributed by atoms with van der Waals surface area (Å²) >= 11 is 0. The molecule has 1 aliphatic heterocycles. The predicted octanol–water partition coefficient (Wildman–Crippen LogP) is 2.28. The Kier molecular flexibility index (Phi) is 5.34. The Morgan fingerprint density at radius 2 is 2.16 bits per heavy atom. The van der Waals surface area contributed by atoms with E-state index in [1.165, 1.54) is 5.56 Å². The number of aliphatic hydroxyl groups excluding tert-OH is 1.